The second-order valence-corrected chi connectivity index (χ2v) is 6.16. The topological polar surface area (TPSA) is 32.3 Å². The first-order valence-electron chi connectivity index (χ1n) is 7.35. The number of carbonyl (C=O) groups is 1. The van der Waals surface area contributed by atoms with Crippen LogP contribution in [-0.4, -0.2) is 23.4 Å². The fourth-order valence-electron chi connectivity index (χ4n) is 2.81. The Hall–Kier alpha value is -0.870. The predicted molar refractivity (Wildman–Crippen MR) is 80.1 cm³/mol. The van der Waals surface area contributed by atoms with E-state index in [0.29, 0.717) is 12.6 Å². The largest absolute Gasteiger partial charge is 0.318 e. The molecule has 0 bridgehead atoms. The fraction of sp³-hybridized carbons (Fsp3) is 0.667. The summed E-state index contributed by atoms with van der Waals surface area (Å²) >= 11 is 1.73. The van der Waals surface area contributed by atoms with Gasteiger partial charge < -0.3 is 4.90 Å². The summed E-state index contributed by atoms with van der Waals surface area (Å²) in [5.74, 6) is 0.257. The number of hydrogen-bond acceptors (Lipinski definition) is 3. The van der Waals surface area contributed by atoms with E-state index in [1.165, 1.54) is 17.7 Å². The Morgan fingerprint density at radius 2 is 2.26 bits per heavy atom. The molecule has 2 rings (SSSR count). The summed E-state index contributed by atoms with van der Waals surface area (Å²) in [7, 11) is 0. The summed E-state index contributed by atoms with van der Waals surface area (Å²) < 4.78 is 0. The van der Waals surface area contributed by atoms with Crippen LogP contribution < -0.4 is 5.32 Å². The van der Waals surface area contributed by atoms with E-state index in [-0.39, 0.29) is 12.1 Å². The van der Waals surface area contributed by atoms with Gasteiger partial charge >= 0.3 is 0 Å². The maximum Gasteiger partial charge on any atom is 0.238 e. The van der Waals surface area contributed by atoms with E-state index < -0.39 is 0 Å². The van der Waals surface area contributed by atoms with Gasteiger partial charge in [0.25, 0.3) is 0 Å². The molecule has 1 fully saturated rings. The summed E-state index contributed by atoms with van der Waals surface area (Å²) in [6, 6.07) is 4.57. The van der Waals surface area contributed by atoms with E-state index in [1.54, 1.807) is 11.3 Å². The van der Waals surface area contributed by atoms with Crippen molar-refractivity contribution in [1.29, 1.82) is 0 Å². The number of thiophene rings is 1. The molecule has 1 amide bonds. The molecule has 1 aliphatic heterocycles. The van der Waals surface area contributed by atoms with Crippen molar-refractivity contribution in [2.75, 3.05) is 6.54 Å². The first-order valence-corrected chi connectivity index (χ1v) is 8.23. The Balaban J connectivity index is 2.14. The highest BCUT2D eigenvalue weighted by atomic mass is 32.1. The van der Waals surface area contributed by atoms with E-state index in [1.807, 2.05) is 0 Å². The van der Waals surface area contributed by atoms with E-state index in [9.17, 15) is 4.79 Å². The van der Waals surface area contributed by atoms with E-state index >= 15 is 0 Å². The van der Waals surface area contributed by atoms with Crippen molar-refractivity contribution >= 4 is 17.2 Å². The molecule has 19 heavy (non-hydrogen) atoms. The average molecular weight is 280 g/mol. The zero-order chi connectivity index (χ0) is 13.7. The minimum atomic E-state index is 0.0981. The third-order valence-corrected chi connectivity index (χ3v) is 4.66. The highest BCUT2D eigenvalue weighted by Gasteiger charge is 2.36. The van der Waals surface area contributed by atoms with Crippen LogP contribution in [0, 0.1) is 0 Å². The monoisotopic (exact) mass is 280 g/mol. The van der Waals surface area contributed by atoms with Gasteiger partial charge in [-0.2, -0.15) is 0 Å². The lowest BCUT2D eigenvalue weighted by atomic mass is 10.0. The third-order valence-electron chi connectivity index (χ3n) is 3.73. The van der Waals surface area contributed by atoms with Crippen LogP contribution in [0.5, 0.6) is 0 Å². The molecule has 1 N–H and O–H groups in total. The zero-order valence-electron chi connectivity index (χ0n) is 11.9. The fourth-order valence-corrected chi connectivity index (χ4v) is 3.61. The summed E-state index contributed by atoms with van der Waals surface area (Å²) in [6.07, 6.45) is 5.86. The van der Waals surface area contributed by atoms with Gasteiger partial charge in [0, 0.05) is 10.9 Å². The summed E-state index contributed by atoms with van der Waals surface area (Å²) in [4.78, 5) is 15.6. The van der Waals surface area contributed by atoms with E-state index in [0.717, 1.165) is 19.3 Å². The number of nitrogens with one attached hydrogen (secondary N) is 1. The quantitative estimate of drug-likeness (QED) is 0.828. The molecule has 106 valence electrons. The summed E-state index contributed by atoms with van der Waals surface area (Å²) in [5.41, 5.74) is 0. The molecule has 0 saturated carbocycles. The first kappa shape index (κ1) is 14.5. The normalized spacial score (nSPS) is 21.1. The summed E-state index contributed by atoms with van der Waals surface area (Å²) in [6.45, 7) is 4.89. The van der Waals surface area contributed by atoms with Crippen LogP contribution in [0.15, 0.2) is 17.5 Å². The van der Waals surface area contributed by atoms with Crippen LogP contribution in [0.3, 0.4) is 0 Å². The van der Waals surface area contributed by atoms with Crippen LogP contribution in [0.4, 0.5) is 0 Å². The highest BCUT2D eigenvalue weighted by molar-refractivity contribution is 7.10. The molecule has 3 nitrogen and oxygen atoms in total. The lowest BCUT2D eigenvalue weighted by Gasteiger charge is -2.32. The third kappa shape index (κ3) is 3.37. The molecule has 1 saturated heterocycles. The summed E-state index contributed by atoms with van der Waals surface area (Å²) in [5, 5.41) is 5.44. The van der Waals surface area contributed by atoms with Crippen LogP contribution in [0.1, 0.15) is 57.0 Å². The van der Waals surface area contributed by atoms with Crippen LogP contribution in [0.2, 0.25) is 0 Å². The molecular weight excluding hydrogens is 256 g/mol. The van der Waals surface area contributed by atoms with Gasteiger partial charge in [-0.25, -0.2) is 0 Å². The molecule has 1 aromatic rings. The van der Waals surface area contributed by atoms with Gasteiger partial charge in [0.15, 0.2) is 0 Å². The van der Waals surface area contributed by atoms with Crippen molar-refractivity contribution in [1.82, 2.24) is 10.2 Å². The van der Waals surface area contributed by atoms with E-state index in [4.69, 9.17) is 0 Å². The second-order valence-electron chi connectivity index (χ2n) is 5.18. The Morgan fingerprint density at radius 3 is 2.89 bits per heavy atom. The Bertz CT molecular complexity index is 391. The molecular formula is C15H24N2OS. The van der Waals surface area contributed by atoms with Crippen LogP contribution in [-0.2, 0) is 4.79 Å². The van der Waals surface area contributed by atoms with Crippen molar-refractivity contribution in [2.45, 2.75) is 58.2 Å². The number of carbonyl (C=O) groups excluding carboxylic acids is 1. The lowest BCUT2D eigenvalue weighted by molar-refractivity contribution is -0.130. The average Bonchev–Trinajstić information content (AvgIpc) is 3.03. The highest BCUT2D eigenvalue weighted by Crippen LogP contribution is 2.31. The van der Waals surface area contributed by atoms with Gasteiger partial charge in [-0.05, 0) is 24.3 Å². The molecule has 2 unspecified atom stereocenters. The smallest absolute Gasteiger partial charge is 0.238 e. The van der Waals surface area contributed by atoms with Crippen molar-refractivity contribution in [2.24, 2.45) is 0 Å². The van der Waals surface area contributed by atoms with Gasteiger partial charge in [-0.15, -0.1) is 11.3 Å². The Morgan fingerprint density at radius 1 is 1.42 bits per heavy atom. The molecule has 0 aliphatic carbocycles. The lowest BCUT2D eigenvalue weighted by Crippen LogP contribution is -2.39. The number of unbranched alkanes of at least 4 members (excludes halogenated alkanes) is 1. The van der Waals surface area contributed by atoms with Crippen LogP contribution in [0.25, 0.3) is 0 Å². The van der Waals surface area contributed by atoms with Gasteiger partial charge in [-0.1, -0.05) is 39.2 Å². The van der Waals surface area contributed by atoms with Crippen molar-refractivity contribution in [3.05, 3.63) is 22.4 Å². The Labute approximate surface area is 120 Å². The standard InChI is InChI=1S/C15H24N2OS/c1-3-5-8-12(7-4-2)17-14(18)11-16-15(17)13-9-6-10-19-13/h6,9-10,12,15-16H,3-5,7-8,11H2,1-2H3. The van der Waals surface area contributed by atoms with Crippen LogP contribution >= 0.6 is 11.3 Å². The van der Waals surface area contributed by atoms with Gasteiger partial charge in [-0.3, -0.25) is 10.1 Å². The maximum absolute atomic E-state index is 12.2. The van der Waals surface area contributed by atoms with Gasteiger partial charge in [0.2, 0.25) is 5.91 Å². The number of amides is 1. The molecule has 2 atom stereocenters. The first-order chi connectivity index (χ1) is 9.27. The molecule has 0 radical (unpaired) electrons. The van der Waals surface area contributed by atoms with Gasteiger partial charge in [0.1, 0.15) is 6.17 Å². The second kappa shape index (κ2) is 7.06. The molecule has 0 aromatic carbocycles. The predicted octanol–water partition coefficient (Wildman–Crippen LogP) is 3.54. The Kier molecular flexibility index (Phi) is 5.40. The molecule has 4 heteroatoms. The van der Waals surface area contributed by atoms with Crippen molar-refractivity contribution in [3.63, 3.8) is 0 Å². The number of hydrogen-bond donors (Lipinski definition) is 1. The molecule has 1 aliphatic rings. The maximum atomic E-state index is 12.2. The van der Waals surface area contributed by atoms with E-state index in [2.05, 4.69) is 41.6 Å². The molecule has 2 heterocycles. The van der Waals surface area contributed by atoms with Gasteiger partial charge in [0.05, 0.1) is 6.54 Å². The minimum absolute atomic E-state index is 0.0981. The molecule has 0 spiro atoms. The minimum Gasteiger partial charge on any atom is -0.318 e. The number of nitrogens with zero attached hydrogens (tertiary/aromatic N) is 1. The zero-order valence-corrected chi connectivity index (χ0v) is 12.7. The number of rotatable bonds is 7. The van der Waals surface area contributed by atoms with Crippen molar-refractivity contribution in [3.8, 4) is 0 Å². The SMILES string of the molecule is CCCCC(CCC)N1C(=O)CNC1c1cccs1. The molecule has 1 aromatic heterocycles. The van der Waals surface area contributed by atoms with Crippen molar-refractivity contribution < 1.29 is 4.79 Å².